The van der Waals surface area contributed by atoms with E-state index in [1.165, 1.54) is 0 Å². The molecule has 5 heteroatoms. The van der Waals surface area contributed by atoms with Crippen molar-refractivity contribution in [2.24, 2.45) is 0 Å². The van der Waals surface area contributed by atoms with Gasteiger partial charge in [0, 0.05) is 8.07 Å². The summed E-state index contributed by atoms with van der Waals surface area (Å²) in [5.41, 5.74) is 0. The molecule has 0 aliphatic rings. The summed E-state index contributed by atoms with van der Waals surface area (Å²) >= 11 is 0. The van der Waals surface area contributed by atoms with Crippen molar-refractivity contribution in [2.45, 2.75) is 25.7 Å². The van der Waals surface area contributed by atoms with Gasteiger partial charge in [0.1, 0.15) is 0 Å². The highest BCUT2D eigenvalue weighted by Crippen LogP contribution is 2.07. The van der Waals surface area contributed by atoms with Crippen LogP contribution < -0.4 is 0 Å². The van der Waals surface area contributed by atoms with Gasteiger partial charge in [0.2, 0.25) is 0 Å². The number of hydrogen-bond acceptors (Lipinski definition) is 3. The minimum absolute atomic E-state index is 0.356. The van der Waals surface area contributed by atoms with Crippen LogP contribution in [0.5, 0.6) is 0 Å². The smallest absolute Gasteiger partial charge is 0.257 e. The predicted molar refractivity (Wildman–Crippen MR) is 44.4 cm³/mol. The fourth-order valence-electron chi connectivity index (χ4n) is 0.426. The van der Waals surface area contributed by atoms with Gasteiger partial charge in [-0.1, -0.05) is 19.6 Å². The van der Waals surface area contributed by atoms with E-state index in [1.807, 2.05) is 0 Å². The fourth-order valence-corrected chi connectivity index (χ4v) is 1.55. The molecule has 0 N–H and O–H groups in total. The van der Waals surface area contributed by atoms with Gasteiger partial charge in [-0.15, -0.1) is 0 Å². The van der Waals surface area contributed by atoms with Crippen molar-refractivity contribution in [1.29, 1.82) is 0 Å². The van der Waals surface area contributed by atoms with Gasteiger partial charge in [-0.25, -0.2) is 8.42 Å². The average Bonchev–Trinajstić information content (AvgIpc) is 1.59. The lowest BCUT2D eigenvalue weighted by atomic mass is 10.9. The van der Waals surface area contributed by atoms with Crippen molar-refractivity contribution >= 4 is 19.1 Å². The lowest BCUT2D eigenvalue weighted by Crippen LogP contribution is -2.21. The van der Waals surface area contributed by atoms with E-state index in [9.17, 15) is 8.42 Å². The molecule has 0 rings (SSSR count). The van der Waals surface area contributed by atoms with Gasteiger partial charge in [-0.05, 0) is 6.04 Å². The highest BCUT2D eigenvalue weighted by atomic mass is 32.2. The molecule has 0 aliphatic heterocycles. The van der Waals surface area contributed by atoms with Gasteiger partial charge in [0.25, 0.3) is 11.0 Å². The summed E-state index contributed by atoms with van der Waals surface area (Å²) in [6.45, 7) is 6.88. The van der Waals surface area contributed by atoms with Crippen molar-refractivity contribution in [3.63, 3.8) is 0 Å². The molecule has 0 fully saturated rings. The van der Waals surface area contributed by atoms with Crippen LogP contribution in [0.2, 0.25) is 25.7 Å². The molecule has 0 aromatic rings. The Morgan fingerprint density at radius 2 is 1.80 bits per heavy atom. The van der Waals surface area contributed by atoms with E-state index < -0.39 is 19.1 Å². The zero-order valence-corrected chi connectivity index (χ0v) is 8.48. The van der Waals surface area contributed by atoms with Crippen LogP contribution >= 0.6 is 0 Å². The topological polar surface area (TPSA) is 43.4 Å². The molecule has 0 aromatic carbocycles. The second-order valence-corrected chi connectivity index (χ2v) is 9.69. The third-order valence-corrected chi connectivity index (χ3v) is 3.15. The molecule has 62 valence electrons. The summed E-state index contributed by atoms with van der Waals surface area (Å²) in [4.78, 5) is 0. The third-order valence-electron chi connectivity index (χ3n) is 1.05. The molecule has 3 nitrogen and oxygen atoms in total. The molecule has 0 spiro atoms. The van der Waals surface area contributed by atoms with Crippen LogP contribution in [-0.4, -0.2) is 23.1 Å². The van der Waals surface area contributed by atoms with Crippen LogP contribution in [0.3, 0.4) is 0 Å². The highest BCUT2D eigenvalue weighted by Gasteiger charge is 2.11. The Morgan fingerprint density at radius 3 is 2.10 bits per heavy atom. The Kier molecular flexibility index (Phi) is 4.15. The molecule has 0 unspecified atom stereocenters. The summed E-state index contributed by atoms with van der Waals surface area (Å²) < 4.78 is 24.2. The minimum Gasteiger partial charge on any atom is -0.273 e. The summed E-state index contributed by atoms with van der Waals surface area (Å²) in [6.07, 6.45) is 0. The molecule has 0 saturated heterocycles. The van der Waals surface area contributed by atoms with E-state index in [0.717, 1.165) is 6.04 Å². The van der Waals surface area contributed by atoms with Gasteiger partial charge in [0.05, 0.1) is 6.61 Å². The van der Waals surface area contributed by atoms with Gasteiger partial charge in [-0.2, -0.15) is 0 Å². The van der Waals surface area contributed by atoms with Gasteiger partial charge in [-0.3, -0.25) is 4.18 Å². The lowest BCUT2D eigenvalue weighted by molar-refractivity contribution is 0.353. The summed E-state index contributed by atoms with van der Waals surface area (Å²) in [5.74, 6) is 0. The summed E-state index contributed by atoms with van der Waals surface area (Å²) in [7, 11) is -3.75. The zero-order valence-electron chi connectivity index (χ0n) is 6.59. The normalized spacial score (nSPS) is 12.4. The highest BCUT2D eigenvalue weighted by molar-refractivity contribution is 7.67. The molecule has 10 heavy (non-hydrogen) atoms. The first-order valence-corrected chi connectivity index (χ1v) is 7.99. The van der Waals surface area contributed by atoms with Gasteiger partial charge in [0.15, 0.2) is 0 Å². The van der Waals surface area contributed by atoms with E-state index in [1.54, 1.807) is 0 Å². The quantitative estimate of drug-likeness (QED) is 0.518. The summed E-state index contributed by atoms with van der Waals surface area (Å²) in [5, 5.41) is 0. The van der Waals surface area contributed by atoms with Crippen LogP contribution in [0.15, 0.2) is 0 Å². The predicted octanol–water partition coefficient (Wildman–Crippen LogP) is 0.868. The molecule has 0 atom stereocenters. The van der Waals surface area contributed by atoms with Crippen LogP contribution in [0.1, 0.15) is 0 Å². The Hall–Kier alpha value is 0.127. The van der Waals surface area contributed by atoms with Crippen molar-refractivity contribution in [1.82, 2.24) is 0 Å². The van der Waals surface area contributed by atoms with E-state index >= 15 is 0 Å². The number of rotatable bonds is 4. The Bertz CT molecular complexity index is 151. The van der Waals surface area contributed by atoms with Crippen LogP contribution in [0.25, 0.3) is 0 Å². The monoisotopic (exact) mass is 182 g/mol. The standard InChI is InChI=1S/C5H14O3SSi/c1-10(2,3)5-4-8-9(6)7/h9H,4-5H2,1-3H3. The summed E-state index contributed by atoms with van der Waals surface area (Å²) in [6, 6.07) is 0.899. The van der Waals surface area contributed by atoms with Crippen LogP contribution in [0.4, 0.5) is 0 Å². The maximum Gasteiger partial charge on any atom is 0.257 e. The molecule has 0 bridgehead atoms. The van der Waals surface area contributed by atoms with Crippen molar-refractivity contribution < 1.29 is 12.6 Å². The maximum absolute atomic E-state index is 9.92. The van der Waals surface area contributed by atoms with E-state index in [0.29, 0.717) is 6.61 Å². The molecular weight excluding hydrogens is 168 g/mol. The van der Waals surface area contributed by atoms with Gasteiger partial charge >= 0.3 is 0 Å². The second kappa shape index (κ2) is 4.10. The molecule has 0 radical (unpaired) electrons. The lowest BCUT2D eigenvalue weighted by Gasteiger charge is -2.13. The maximum atomic E-state index is 9.92. The molecule has 0 heterocycles. The third kappa shape index (κ3) is 8.13. The zero-order chi connectivity index (χ0) is 8.20. The fraction of sp³-hybridized carbons (Fsp3) is 1.00. The Balaban J connectivity index is 3.38. The van der Waals surface area contributed by atoms with Crippen molar-refractivity contribution in [3.05, 3.63) is 0 Å². The Labute approximate surface area is 64.6 Å². The molecular formula is C5H14O3SSi. The molecule has 0 aromatic heterocycles. The first-order valence-electron chi connectivity index (χ1n) is 3.19. The van der Waals surface area contributed by atoms with Crippen molar-refractivity contribution in [3.8, 4) is 0 Å². The van der Waals surface area contributed by atoms with E-state index in [2.05, 4.69) is 23.8 Å². The number of thiol groups is 1. The Morgan fingerprint density at radius 1 is 1.30 bits per heavy atom. The number of hydrogen-bond donors (Lipinski definition) is 1. The average molecular weight is 182 g/mol. The molecule has 0 saturated carbocycles. The largest absolute Gasteiger partial charge is 0.273 e. The first kappa shape index (κ1) is 10.1. The SMILES string of the molecule is C[Si](C)(C)CCO[SH](=O)=O. The first-order chi connectivity index (χ1) is 4.42. The van der Waals surface area contributed by atoms with Crippen LogP contribution in [0, 0.1) is 0 Å². The molecule has 0 aliphatic carbocycles. The minimum atomic E-state index is -2.63. The molecule has 0 amide bonds. The van der Waals surface area contributed by atoms with Gasteiger partial charge < -0.3 is 0 Å². The van der Waals surface area contributed by atoms with Crippen LogP contribution in [-0.2, 0) is 15.2 Å². The van der Waals surface area contributed by atoms with Crippen molar-refractivity contribution in [2.75, 3.05) is 6.61 Å². The van der Waals surface area contributed by atoms with E-state index in [4.69, 9.17) is 0 Å². The van der Waals surface area contributed by atoms with E-state index in [-0.39, 0.29) is 0 Å². The second-order valence-electron chi connectivity index (χ2n) is 3.37.